The van der Waals surface area contributed by atoms with Crippen LogP contribution in [0.2, 0.25) is 0 Å². The van der Waals surface area contributed by atoms with Gasteiger partial charge in [-0.15, -0.1) is 0 Å². The third-order valence-electron chi connectivity index (χ3n) is 5.31. The standard InChI is InChI=1S/C16H32N2O/c1-5-16(4)12-17-15(13(2)3)11-18(16)10-14-6-8-19-9-7-14/h13-15,17H,5-12H2,1-4H3. The number of rotatable bonds is 4. The van der Waals surface area contributed by atoms with Gasteiger partial charge in [0, 0.05) is 44.4 Å². The van der Waals surface area contributed by atoms with Crippen LogP contribution in [0, 0.1) is 11.8 Å². The molecule has 0 spiro atoms. The van der Waals surface area contributed by atoms with E-state index in [0.29, 0.717) is 11.6 Å². The first-order valence-corrected chi connectivity index (χ1v) is 8.11. The van der Waals surface area contributed by atoms with Gasteiger partial charge in [-0.1, -0.05) is 20.8 Å². The molecule has 0 saturated carbocycles. The second-order valence-corrected chi connectivity index (χ2v) is 7.04. The second-order valence-electron chi connectivity index (χ2n) is 7.04. The lowest BCUT2D eigenvalue weighted by molar-refractivity contribution is -0.00155. The molecular formula is C16H32N2O. The molecule has 2 heterocycles. The number of nitrogens with zero attached hydrogens (tertiary/aromatic N) is 1. The molecule has 2 unspecified atom stereocenters. The highest BCUT2D eigenvalue weighted by molar-refractivity contribution is 4.96. The van der Waals surface area contributed by atoms with E-state index < -0.39 is 0 Å². The minimum Gasteiger partial charge on any atom is -0.381 e. The molecule has 0 amide bonds. The fourth-order valence-corrected chi connectivity index (χ4v) is 3.32. The van der Waals surface area contributed by atoms with E-state index in [0.717, 1.165) is 31.6 Å². The van der Waals surface area contributed by atoms with Crippen molar-refractivity contribution in [2.24, 2.45) is 11.8 Å². The van der Waals surface area contributed by atoms with Crippen molar-refractivity contribution in [3.05, 3.63) is 0 Å². The normalized spacial score (nSPS) is 34.9. The van der Waals surface area contributed by atoms with Crippen LogP contribution in [0.3, 0.4) is 0 Å². The molecule has 0 aromatic carbocycles. The van der Waals surface area contributed by atoms with Gasteiger partial charge in [-0.05, 0) is 38.0 Å². The molecular weight excluding hydrogens is 236 g/mol. The number of piperazine rings is 1. The minimum absolute atomic E-state index is 0.337. The molecule has 0 aliphatic carbocycles. The highest BCUT2D eigenvalue weighted by Crippen LogP contribution is 2.28. The molecule has 0 bridgehead atoms. The van der Waals surface area contributed by atoms with Crippen molar-refractivity contribution in [2.45, 2.75) is 58.5 Å². The molecule has 2 aliphatic rings. The summed E-state index contributed by atoms with van der Waals surface area (Å²) in [5, 5.41) is 3.76. The van der Waals surface area contributed by atoms with E-state index in [1.54, 1.807) is 0 Å². The first kappa shape index (κ1) is 15.3. The molecule has 112 valence electrons. The first-order valence-electron chi connectivity index (χ1n) is 8.11. The van der Waals surface area contributed by atoms with Gasteiger partial charge in [0.05, 0.1) is 0 Å². The Kier molecular flexibility index (Phi) is 5.27. The Morgan fingerprint density at radius 1 is 1.32 bits per heavy atom. The summed E-state index contributed by atoms with van der Waals surface area (Å²) in [6, 6.07) is 0.652. The van der Waals surface area contributed by atoms with Gasteiger partial charge in [-0.2, -0.15) is 0 Å². The van der Waals surface area contributed by atoms with Crippen LogP contribution in [0.15, 0.2) is 0 Å². The summed E-state index contributed by atoms with van der Waals surface area (Å²) >= 11 is 0. The number of ether oxygens (including phenoxy) is 1. The monoisotopic (exact) mass is 268 g/mol. The van der Waals surface area contributed by atoms with Gasteiger partial charge in [-0.25, -0.2) is 0 Å². The Morgan fingerprint density at radius 2 is 2.00 bits per heavy atom. The summed E-state index contributed by atoms with van der Waals surface area (Å²) in [6.45, 7) is 15.0. The third-order valence-corrected chi connectivity index (χ3v) is 5.31. The lowest BCUT2D eigenvalue weighted by atomic mass is 9.87. The molecule has 2 fully saturated rings. The Labute approximate surface area is 119 Å². The highest BCUT2D eigenvalue weighted by Gasteiger charge is 2.38. The zero-order valence-electron chi connectivity index (χ0n) is 13.2. The molecule has 0 radical (unpaired) electrons. The molecule has 1 N–H and O–H groups in total. The average Bonchev–Trinajstić information content (AvgIpc) is 2.42. The van der Waals surface area contributed by atoms with Crippen LogP contribution >= 0.6 is 0 Å². The van der Waals surface area contributed by atoms with E-state index in [-0.39, 0.29) is 0 Å². The zero-order valence-corrected chi connectivity index (χ0v) is 13.2. The summed E-state index contributed by atoms with van der Waals surface area (Å²) in [5.74, 6) is 1.56. The van der Waals surface area contributed by atoms with Crippen molar-refractivity contribution in [3.8, 4) is 0 Å². The van der Waals surface area contributed by atoms with Gasteiger partial charge >= 0.3 is 0 Å². The van der Waals surface area contributed by atoms with Crippen LogP contribution in [0.1, 0.15) is 47.0 Å². The van der Waals surface area contributed by atoms with Crippen molar-refractivity contribution in [3.63, 3.8) is 0 Å². The molecule has 0 aromatic rings. The van der Waals surface area contributed by atoms with E-state index in [9.17, 15) is 0 Å². The van der Waals surface area contributed by atoms with E-state index >= 15 is 0 Å². The van der Waals surface area contributed by atoms with Crippen molar-refractivity contribution in [1.82, 2.24) is 10.2 Å². The Morgan fingerprint density at radius 3 is 2.58 bits per heavy atom. The molecule has 2 rings (SSSR count). The molecule has 3 heteroatoms. The van der Waals surface area contributed by atoms with Gasteiger partial charge in [0.15, 0.2) is 0 Å². The van der Waals surface area contributed by atoms with Crippen molar-refractivity contribution in [2.75, 3.05) is 32.8 Å². The molecule has 3 nitrogen and oxygen atoms in total. The average molecular weight is 268 g/mol. The van der Waals surface area contributed by atoms with E-state index in [4.69, 9.17) is 4.74 Å². The predicted octanol–water partition coefficient (Wildman–Crippen LogP) is 2.51. The van der Waals surface area contributed by atoms with Crippen LogP contribution in [-0.4, -0.2) is 49.3 Å². The Bertz CT molecular complexity index is 276. The van der Waals surface area contributed by atoms with Gasteiger partial charge in [0.1, 0.15) is 0 Å². The minimum atomic E-state index is 0.337. The number of nitrogens with one attached hydrogen (secondary N) is 1. The Hall–Kier alpha value is -0.120. The molecule has 2 saturated heterocycles. The van der Waals surface area contributed by atoms with E-state index in [1.165, 1.54) is 32.4 Å². The van der Waals surface area contributed by atoms with Crippen molar-refractivity contribution < 1.29 is 4.74 Å². The van der Waals surface area contributed by atoms with Crippen molar-refractivity contribution >= 4 is 0 Å². The van der Waals surface area contributed by atoms with Gasteiger partial charge in [0.25, 0.3) is 0 Å². The molecule has 19 heavy (non-hydrogen) atoms. The summed E-state index contributed by atoms with van der Waals surface area (Å²) < 4.78 is 5.50. The maximum Gasteiger partial charge on any atom is 0.0469 e. The maximum absolute atomic E-state index is 5.50. The topological polar surface area (TPSA) is 24.5 Å². The lowest BCUT2D eigenvalue weighted by Crippen LogP contribution is -2.65. The lowest BCUT2D eigenvalue weighted by Gasteiger charge is -2.50. The van der Waals surface area contributed by atoms with Crippen LogP contribution in [0.4, 0.5) is 0 Å². The zero-order chi connectivity index (χ0) is 13.9. The SMILES string of the molecule is CCC1(C)CNC(C(C)C)CN1CC1CCOCC1. The predicted molar refractivity (Wildman–Crippen MR) is 80.4 cm³/mol. The fraction of sp³-hybridized carbons (Fsp3) is 1.00. The van der Waals surface area contributed by atoms with Gasteiger partial charge < -0.3 is 10.1 Å². The van der Waals surface area contributed by atoms with Crippen molar-refractivity contribution in [1.29, 1.82) is 0 Å². The van der Waals surface area contributed by atoms with Crippen LogP contribution in [-0.2, 0) is 4.74 Å². The van der Waals surface area contributed by atoms with Crippen LogP contribution in [0.5, 0.6) is 0 Å². The molecule has 2 atom stereocenters. The van der Waals surface area contributed by atoms with E-state index in [2.05, 4.69) is 37.9 Å². The van der Waals surface area contributed by atoms with Crippen LogP contribution in [0.25, 0.3) is 0 Å². The quantitative estimate of drug-likeness (QED) is 0.848. The van der Waals surface area contributed by atoms with Crippen LogP contribution < -0.4 is 5.32 Å². The summed E-state index contributed by atoms with van der Waals surface area (Å²) in [6.07, 6.45) is 3.72. The Balaban J connectivity index is 1.98. The first-order chi connectivity index (χ1) is 9.05. The molecule has 0 aromatic heterocycles. The van der Waals surface area contributed by atoms with Gasteiger partial charge in [0.2, 0.25) is 0 Å². The largest absolute Gasteiger partial charge is 0.381 e. The molecule has 2 aliphatic heterocycles. The highest BCUT2D eigenvalue weighted by atomic mass is 16.5. The fourth-order valence-electron chi connectivity index (χ4n) is 3.32. The van der Waals surface area contributed by atoms with E-state index in [1.807, 2.05) is 0 Å². The second kappa shape index (κ2) is 6.55. The number of hydrogen-bond acceptors (Lipinski definition) is 3. The maximum atomic E-state index is 5.50. The van der Waals surface area contributed by atoms with Gasteiger partial charge in [-0.3, -0.25) is 4.90 Å². The smallest absolute Gasteiger partial charge is 0.0469 e. The summed E-state index contributed by atoms with van der Waals surface area (Å²) in [7, 11) is 0. The summed E-state index contributed by atoms with van der Waals surface area (Å²) in [5.41, 5.74) is 0.337. The third kappa shape index (κ3) is 3.71. The summed E-state index contributed by atoms with van der Waals surface area (Å²) in [4.78, 5) is 2.77. The number of hydrogen-bond donors (Lipinski definition) is 1.